The Kier molecular flexibility index (Phi) is 8.87. The normalized spacial score (nSPS) is 18.8. The van der Waals surface area contributed by atoms with Gasteiger partial charge in [0, 0.05) is 24.8 Å². The van der Waals surface area contributed by atoms with Gasteiger partial charge in [0.05, 0.1) is 13.7 Å². The molecule has 1 aromatic carbocycles. The van der Waals surface area contributed by atoms with Crippen LogP contribution in [0.1, 0.15) is 32.1 Å². The topological polar surface area (TPSA) is 113 Å². The molecule has 0 aliphatic heterocycles. The maximum absolute atomic E-state index is 12.1. The van der Waals surface area contributed by atoms with E-state index in [1.54, 1.807) is 13.2 Å². The molecular weight excluding hydrogens is 388 g/mol. The fraction of sp³-hybridized carbons (Fsp3) is 0.435. The highest BCUT2D eigenvalue weighted by Crippen LogP contribution is 2.32. The summed E-state index contributed by atoms with van der Waals surface area (Å²) in [6, 6.07) is 7.41. The fourth-order valence-corrected chi connectivity index (χ4v) is 3.24. The third-order valence-electron chi connectivity index (χ3n) is 4.97. The molecule has 0 saturated heterocycles. The van der Waals surface area contributed by atoms with Crippen LogP contribution < -0.4 is 9.47 Å². The molecule has 0 aromatic heterocycles. The summed E-state index contributed by atoms with van der Waals surface area (Å²) in [5, 5.41) is 27.1. The summed E-state index contributed by atoms with van der Waals surface area (Å²) < 4.78 is 10.9. The van der Waals surface area contributed by atoms with Gasteiger partial charge in [0.25, 0.3) is 5.79 Å². The van der Waals surface area contributed by atoms with Crippen LogP contribution in [-0.4, -0.2) is 46.6 Å². The fourth-order valence-electron chi connectivity index (χ4n) is 3.24. The van der Waals surface area contributed by atoms with E-state index in [9.17, 15) is 19.8 Å². The summed E-state index contributed by atoms with van der Waals surface area (Å²) in [7, 11) is 1.61. The lowest BCUT2D eigenvalue weighted by Crippen LogP contribution is -2.37. The van der Waals surface area contributed by atoms with E-state index >= 15 is 0 Å². The van der Waals surface area contributed by atoms with Gasteiger partial charge in [-0.25, -0.2) is 4.79 Å². The van der Waals surface area contributed by atoms with Gasteiger partial charge in [0.2, 0.25) is 0 Å². The Morgan fingerprint density at radius 2 is 2.07 bits per heavy atom. The average Bonchev–Trinajstić information content (AvgIpc) is 3.07. The van der Waals surface area contributed by atoms with Crippen LogP contribution in [0.25, 0.3) is 0 Å². The number of benzene rings is 1. The van der Waals surface area contributed by atoms with Crippen LogP contribution in [0, 0.1) is 11.8 Å². The van der Waals surface area contributed by atoms with Crippen molar-refractivity contribution < 1.29 is 34.4 Å². The highest BCUT2D eigenvalue weighted by Gasteiger charge is 2.32. The van der Waals surface area contributed by atoms with Crippen LogP contribution in [0.2, 0.25) is 0 Å². The van der Waals surface area contributed by atoms with Gasteiger partial charge in [0.15, 0.2) is 0 Å². The van der Waals surface area contributed by atoms with Gasteiger partial charge in [-0.1, -0.05) is 18.2 Å². The number of rotatable bonds is 11. The molecule has 7 heteroatoms. The first-order valence-electron chi connectivity index (χ1n) is 9.87. The Morgan fingerprint density at radius 1 is 1.30 bits per heavy atom. The quantitative estimate of drug-likeness (QED) is 0.220. The SMILES string of the molecule is COc1cccc(OCC/C=C/[C@H]2CCC(=O)[C@@H]2CC=C=CCC(O)(O)C(=O)O)c1. The van der Waals surface area contributed by atoms with Gasteiger partial charge in [-0.15, -0.1) is 5.73 Å². The van der Waals surface area contributed by atoms with Crippen molar-refractivity contribution in [2.24, 2.45) is 11.8 Å². The van der Waals surface area contributed by atoms with Gasteiger partial charge < -0.3 is 24.8 Å². The highest BCUT2D eigenvalue weighted by atomic mass is 16.5. The minimum Gasteiger partial charge on any atom is -0.497 e. The third kappa shape index (κ3) is 7.19. The number of allylic oxidation sites excluding steroid dienone is 1. The number of hydrogen-bond donors (Lipinski definition) is 3. The number of carboxylic acids is 1. The predicted octanol–water partition coefficient (Wildman–Crippen LogP) is 2.87. The molecular formula is C23H28O7. The van der Waals surface area contributed by atoms with Crippen LogP contribution in [0.15, 0.2) is 54.3 Å². The summed E-state index contributed by atoms with van der Waals surface area (Å²) in [5.41, 5.74) is 2.73. The Hall–Kier alpha value is -2.86. The van der Waals surface area contributed by atoms with E-state index in [0.717, 1.165) is 17.9 Å². The van der Waals surface area contributed by atoms with Gasteiger partial charge in [0.1, 0.15) is 17.3 Å². The minimum absolute atomic E-state index is 0.140. The molecule has 3 N–H and O–H groups in total. The summed E-state index contributed by atoms with van der Waals surface area (Å²) in [5.74, 6) is -2.85. The van der Waals surface area contributed by atoms with E-state index in [1.807, 2.05) is 30.3 Å². The number of carboxylic acid groups (broad SMARTS) is 1. The summed E-state index contributed by atoms with van der Waals surface area (Å²) in [6.45, 7) is 0.519. The Morgan fingerprint density at radius 3 is 2.80 bits per heavy atom. The Labute approximate surface area is 175 Å². The molecule has 0 unspecified atom stereocenters. The van der Waals surface area contributed by atoms with Crippen molar-refractivity contribution in [2.75, 3.05) is 13.7 Å². The van der Waals surface area contributed by atoms with Crippen molar-refractivity contribution in [2.45, 2.75) is 37.9 Å². The molecule has 1 aliphatic rings. The van der Waals surface area contributed by atoms with E-state index in [0.29, 0.717) is 25.9 Å². The van der Waals surface area contributed by atoms with Gasteiger partial charge in [-0.2, -0.15) is 0 Å². The number of ketones is 1. The van der Waals surface area contributed by atoms with Crippen LogP contribution >= 0.6 is 0 Å². The van der Waals surface area contributed by atoms with E-state index in [4.69, 9.17) is 14.6 Å². The van der Waals surface area contributed by atoms with Crippen molar-refractivity contribution in [3.63, 3.8) is 0 Å². The molecule has 2 atom stereocenters. The lowest BCUT2D eigenvalue weighted by Gasteiger charge is -2.13. The lowest BCUT2D eigenvalue weighted by atomic mass is 9.91. The second kappa shape index (κ2) is 11.4. The number of methoxy groups -OCH3 is 1. The number of hydrogen-bond acceptors (Lipinski definition) is 6. The number of aliphatic carboxylic acids is 1. The van der Waals surface area contributed by atoms with Gasteiger partial charge in [-0.05, 0) is 49.5 Å². The number of ether oxygens (including phenoxy) is 2. The molecule has 0 bridgehead atoms. The molecule has 162 valence electrons. The molecule has 0 spiro atoms. The minimum atomic E-state index is -2.80. The molecule has 7 nitrogen and oxygen atoms in total. The van der Waals surface area contributed by atoms with Crippen molar-refractivity contribution in [1.82, 2.24) is 0 Å². The average molecular weight is 416 g/mol. The highest BCUT2D eigenvalue weighted by molar-refractivity contribution is 5.83. The monoisotopic (exact) mass is 416 g/mol. The molecule has 1 aliphatic carbocycles. The van der Waals surface area contributed by atoms with E-state index in [-0.39, 0.29) is 17.6 Å². The van der Waals surface area contributed by atoms with Crippen molar-refractivity contribution in [3.05, 3.63) is 54.3 Å². The molecule has 1 aromatic rings. The smallest absolute Gasteiger partial charge is 0.364 e. The Bertz CT molecular complexity index is 819. The van der Waals surface area contributed by atoms with Crippen molar-refractivity contribution in [3.8, 4) is 11.5 Å². The van der Waals surface area contributed by atoms with Crippen LogP contribution in [-0.2, 0) is 9.59 Å². The van der Waals surface area contributed by atoms with Crippen LogP contribution in [0.5, 0.6) is 11.5 Å². The summed E-state index contributed by atoms with van der Waals surface area (Å²) in [4.78, 5) is 22.8. The standard InChI is InChI=1S/C23H28O7/c1-29-18-9-7-10-19(16-18)30-15-6-4-8-17-12-13-21(24)20(17)11-3-2-5-14-23(27,28)22(25)26/h3-5,7-10,16-17,20,27-28H,6,11-15H2,1H3,(H,25,26)/b8-4+/t2?,17-,20+/m0/s1. The zero-order chi connectivity index (χ0) is 22.0. The van der Waals surface area contributed by atoms with Crippen LogP contribution in [0.3, 0.4) is 0 Å². The predicted molar refractivity (Wildman–Crippen MR) is 110 cm³/mol. The first kappa shape index (κ1) is 23.4. The lowest BCUT2D eigenvalue weighted by molar-refractivity contribution is -0.201. The van der Waals surface area contributed by atoms with Crippen molar-refractivity contribution >= 4 is 11.8 Å². The molecule has 30 heavy (non-hydrogen) atoms. The maximum Gasteiger partial charge on any atom is 0.364 e. The van der Waals surface area contributed by atoms with Gasteiger partial charge >= 0.3 is 5.97 Å². The molecule has 2 rings (SSSR count). The van der Waals surface area contributed by atoms with Crippen molar-refractivity contribution in [1.29, 1.82) is 0 Å². The molecule has 0 heterocycles. The summed E-state index contributed by atoms with van der Waals surface area (Å²) in [6.07, 6.45) is 9.00. The van der Waals surface area contributed by atoms with E-state index in [2.05, 4.69) is 11.8 Å². The first-order valence-corrected chi connectivity index (χ1v) is 9.87. The van der Waals surface area contributed by atoms with E-state index < -0.39 is 18.2 Å². The largest absolute Gasteiger partial charge is 0.497 e. The number of Topliss-reactive ketones (excluding diaryl/α,β-unsaturated/α-hetero) is 1. The summed E-state index contributed by atoms with van der Waals surface area (Å²) >= 11 is 0. The second-order valence-electron chi connectivity index (χ2n) is 7.16. The second-order valence-corrected chi connectivity index (χ2v) is 7.16. The molecule has 1 saturated carbocycles. The third-order valence-corrected chi connectivity index (χ3v) is 4.97. The number of carbonyl (C=O) groups is 2. The van der Waals surface area contributed by atoms with Gasteiger partial charge in [-0.3, -0.25) is 4.79 Å². The molecule has 0 radical (unpaired) electrons. The zero-order valence-corrected chi connectivity index (χ0v) is 17.0. The molecule has 1 fully saturated rings. The number of aliphatic hydroxyl groups is 2. The maximum atomic E-state index is 12.1. The van der Waals surface area contributed by atoms with E-state index in [1.165, 1.54) is 6.08 Å². The first-order chi connectivity index (χ1) is 14.3. The Balaban J connectivity index is 1.79. The number of carbonyl (C=O) groups excluding carboxylic acids is 1. The zero-order valence-electron chi connectivity index (χ0n) is 17.0. The van der Waals surface area contributed by atoms with Crippen LogP contribution in [0.4, 0.5) is 0 Å². The molecule has 0 amide bonds.